The molecule has 1 aromatic carbocycles. The second kappa shape index (κ2) is 4.70. The summed E-state index contributed by atoms with van der Waals surface area (Å²) in [4.78, 5) is 15.2. The molecule has 5 heteroatoms. The standard InChI is InChI=1S/C13H17N3O2/c1-7(6-14)15-13(18)12-8(2)16-11-5-9(17)3-4-10(11)12/h3-5,7,16-17H,6,14H2,1-2H3,(H,15,18). The van der Waals surface area contributed by atoms with Gasteiger partial charge in [0.05, 0.1) is 11.1 Å². The van der Waals surface area contributed by atoms with E-state index in [0.717, 1.165) is 16.6 Å². The van der Waals surface area contributed by atoms with E-state index in [9.17, 15) is 9.90 Å². The van der Waals surface area contributed by atoms with Gasteiger partial charge in [-0.3, -0.25) is 4.79 Å². The maximum Gasteiger partial charge on any atom is 0.253 e. The molecule has 0 aliphatic rings. The van der Waals surface area contributed by atoms with Crippen LogP contribution in [0.1, 0.15) is 23.0 Å². The molecule has 1 aromatic heterocycles. The highest BCUT2D eigenvalue weighted by Crippen LogP contribution is 2.25. The lowest BCUT2D eigenvalue weighted by molar-refractivity contribution is 0.0942. The number of rotatable bonds is 3. The first-order chi connectivity index (χ1) is 8.52. The van der Waals surface area contributed by atoms with Gasteiger partial charge >= 0.3 is 0 Å². The first kappa shape index (κ1) is 12.4. The minimum absolute atomic E-state index is 0.0704. The van der Waals surface area contributed by atoms with Crippen LogP contribution in [0.5, 0.6) is 5.75 Å². The minimum atomic E-state index is -0.151. The Morgan fingerprint density at radius 1 is 1.56 bits per heavy atom. The zero-order chi connectivity index (χ0) is 13.3. The Morgan fingerprint density at radius 2 is 2.28 bits per heavy atom. The summed E-state index contributed by atoms with van der Waals surface area (Å²) in [6.07, 6.45) is 0. The molecule has 1 heterocycles. The van der Waals surface area contributed by atoms with Crippen LogP contribution in [0.2, 0.25) is 0 Å². The number of benzene rings is 1. The van der Waals surface area contributed by atoms with E-state index in [1.165, 1.54) is 0 Å². The van der Waals surface area contributed by atoms with Gasteiger partial charge in [0.2, 0.25) is 0 Å². The van der Waals surface area contributed by atoms with Crippen LogP contribution in [0, 0.1) is 6.92 Å². The van der Waals surface area contributed by atoms with E-state index in [4.69, 9.17) is 5.73 Å². The quantitative estimate of drug-likeness (QED) is 0.658. The molecule has 1 atom stereocenters. The molecule has 0 saturated carbocycles. The van der Waals surface area contributed by atoms with Crippen molar-refractivity contribution in [3.05, 3.63) is 29.5 Å². The summed E-state index contributed by atoms with van der Waals surface area (Å²) in [5, 5.41) is 13.0. The largest absolute Gasteiger partial charge is 0.508 e. The number of H-pyrrole nitrogens is 1. The second-order valence-electron chi connectivity index (χ2n) is 4.47. The number of nitrogens with one attached hydrogen (secondary N) is 2. The van der Waals surface area contributed by atoms with Gasteiger partial charge in [0.1, 0.15) is 5.75 Å². The van der Waals surface area contributed by atoms with Gasteiger partial charge in [0, 0.05) is 29.7 Å². The monoisotopic (exact) mass is 247 g/mol. The molecule has 1 amide bonds. The molecule has 0 fully saturated rings. The number of aromatic hydroxyl groups is 1. The van der Waals surface area contributed by atoms with Gasteiger partial charge in [-0.2, -0.15) is 0 Å². The van der Waals surface area contributed by atoms with E-state index in [-0.39, 0.29) is 17.7 Å². The molecule has 0 aliphatic carbocycles. The number of aromatic nitrogens is 1. The number of aryl methyl sites for hydroxylation is 1. The van der Waals surface area contributed by atoms with Crippen molar-refractivity contribution >= 4 is 16.8 Å². The van der Waals surface area contributed by atoms with Crippen LogP contribution in [0.25, 0.3) is 10.9 Å². The third-order valence-electron chi connectivity index (χ3n) is 2.93. The Labute approximate surface area is 105 Å². The SMILES string of the molecule is Cc1[nH]c2cc(O)ccc2c1C(=O)NC(C)CN. The molecule has 5 nitrogen and oxygen atoms in total. The Balaban J connectivity index is 2.44. The average molecular weight is 247 g/mol. The first-order valence-electron chi connectivity index (χ1n) is 5.85. The molecule has 0 saturated heterocycles. The van der Waals surface area contributed by atoms with E-state index < -0.39 is 0 Å². The highest BCUT2D eigenvalue weighted by Gasteiger charge is 2.17. The molecular formula is C13H17N3O2. The van der Waals surface area contributed by atoms with Gasteiger partial charge in [-0.25, -0.2) is 0 Å². The summed E-state index contributed by atoms with van der Waals surface area (Å²) in [6, 6.07) is 4.83. The van der Waals surface area contributed by atoms with Crippen LogP contribution in [-0.2, 0) is 0 Å². The van der Waals surface area contributed by atoms with Crippen molar-refractivity contribution in [2.24, 2.45) is 5.73 Å². The van der Waals surface area contributed by atoms with Crippen LogP contribution >= 0.6 is 0 Å². The Bertz CT molecular complexity index is 589. The number of aromatic amines is 1. The zero-order valence-corrected chi connectivity index (χ0v) is 10.4. The van der Waals surface area contributed by atoms with Crippen LogP contribution in [0.3, 0.4) is 0 Å². The number of carbonyl (C=O) groups excluding carboxylic acids is 1. The lowest BCUT2D eigenvalue weighted by Crippen LogP contribution is -2.37. The van der Waals surface area contributed by atoms with Crippen molar-refractivity contribution in [3.63, 3.8) is 0 Å². The summed E-state index contributed by atoms with van der Waals surface area (Å²) < 4.78 is 0. The van der Waals surface area contributed by atoms with Gasteiger partial charge in [-0.15, -0.1) is 0 Å². The average Bonchev–Trinajstić information content (AvgIpc) is 2.63. The fraction of sp³-hybridized carbons (Fsp3) is 0.308. The Kier molecular flexibility index (Phi) is 3.25. The van der Waals surface area contributed by atoms with Crippen LogP contribution in [-0.4, -0.2) is 28.6 Å². The lowest BCUT2D eigenvalue weighted by atomic mass is 10.1. The number of carbonyl (C=O) groups is 1. The summed E-state index contributed by atoms with van der Waals surface area (Å²) >= 11 is 0. The normalized spacial score (nSPS) is 12.6. The minimum Gasteiger partial charge on any atom is -0.508 e. The fourth-order valence-corrected chi connectivity index (χ4v) is 1.97. The van der Waals surface area contributed by atoms with Crippen molar-refractivity contribution in [1.29, 1.82) is 0 Å². The predicted octanol–water partition coefficient (Wildman–Crippen LogP) is 1.26. The molecule has 0 spiro atoms. The molecular weight excluding hydrogens is 230 g/mol. The van der Waals surface area contributed by atoms with Crippen LogP contribution in [0.15, 0.2) is 18.2 Å². The summed E-state index contributed by atoms with van der Waals surface area (Å²) in [6.45, 7) is 4.08. The molecule has 2 rings (SSSR count). The molecule has 0 bridgehead atoms. The molecule has 5 N–H and O–H groups in total. The van der Waals surface area contributed by atoms with Crippen LogP contribution in [0.4, 0.5) is 0 Å². The van der Waals surface area contributed by atoms with Crippen molar-refractivity contribution in [1.82, 2.24) is 10.3 Å². The van der Waals surface area contributed by atoms with Crippen molar-refractivity contribution in [2.75, 3.05) is 6.54 Å². The number of fused-ring (bicyclic) bond motifs is 1. The maximum atomic E-state index is 12.1. The van der Waals surface area contributed by atoms with Gasteiger partial charge in [-0.1, -0.05) is 0 Å². The van der Waals surface area contributed by atoms with E-state index in [2.05, 4.69) is 10.3 Å². The topological polar surface area (TPSA) is 91.1 Å². The Morgan fingerprint density at radius 3 is 2.94 bits per heavy atom. The summed E-state index contributed by atoms with van der Waals surface area (Å²) in [7, 11) is 0. The van der Waals surface area contributed by atoms with Gasteiger partial charge in [0.25, 0.3) is 5.91 Å². The number of hydrogen-bond donors (Lipinski definition) is 4. The molecule has 2 aromatic rings. The Hall–Kier alpha value is -2.01. The van der Waals surface area contributed by atoms with Gasteiger partial charge in [0.15, 0.2) is 0 Å². The smallest absolute Gasteiger partial charge is 0.253 e. The third-order valence-corrected chi connectivity index (χ3v) is 2.93. The number of phenolic OH excluding ortho intramolecular Hbond substituents is 1. The lowest BCUT2D eigenvalue weighted by Gasteiger charge is -2.11. The predicted molar refractivity (Wildman–Crippen MR) is 70.7 cm³/mol. The van der Waals surface area contributed by atoms with Crippen molar-refractivity contribution in [2.45, 2.75) is 19.9 Å². The van der Waals surface area contributed by atoms with E-state index >= 15 is 0 Å². The molecule has 0 radical (unpaired) electrons. The molecule has 96 valence electrons. The molecule has 0 aliphatic heterocycles. The van der Waals surface area contributed by atoms with Crippen LogP contribution < -0.4 is 11.1 Å². The number of phenols is 1. The number of amides is 1. The zero-order valence-electron chi connectivity index (χ0n) is 10.4. The molecule has 18 heavy (non-hydrogen) atoms. The van der Waals surface area contributed by atoms with Gasteiger partial charge in [-0.05, 0) is 26.0 Å². The molecule has 1 unspecified atom stereocenters. The highest BCUT2D eigenvalue weighted by atomic mass is 16.3. The summed E-state index contributed by atoms with van der Waals surface area (Å²) in [5.41, 5.74) is 7.61. The summed E-state index contributed by atoms with van der Waals surface area (Å²) in [5.74, 6) is 0.0217. The fourth-order valence-electron chi connectivity index (χ4n) is 1.97. The van der Waals surface area contributed by atoms with Crippen molar-refractivity contribution in [3.8, 4) is 5.75 Å². The van der Waals surface area contributed by atoms with Gasteiger partial charge < -0.3 is 21.1 Å². The van der Waals surface area contributed by atoms with E-state index in [1.807, 2.05) is 13.8 Å². The number of hydrogen-bond acceptors (Lipinski definition) is 3. The third kappa shape index (κ3) is 2.17. The maximum absolute atomic E-state index is 12.1. The van der Waals surface area contributed by atoms with E-state index in [0.29, 0.717) is 12.1 Å². The van der Waals surface area contributed by atoms with Crippen molar-refractivity contribution < 1.29 is 9.90 Å². The van der Waals surface area contributed by atoms with E-state index in [1.54, 1.807) is 18.2 Å². The first-order valence-corrected chi connectivity index (χ1v) is 5.85. The second-order valence-corrected chi connectivity index (χ2v) is 4.47. The highest BCUT2D eigenvalue weighted by molar-refractivity contribution is 6.08. The number of nitrogens with two attached hydrogens (primary N) is 1.